The molecule has 1 aromatic heterocycles. The Morgan fingerprint density at radius 3 is 2.44 bits per heavy atom. The number of thioether (sulfide) groups is 1. The van der Waals surface area contributed by atoms with Gasteiger partial charge in [-0.05, 0) is 48.2 Å². The van der Waals surface area contributed by atoms with Crippen molar-refractivity contribution >= 4 is 39.0 Å². The molecule has 1 aromatic carbocycles. The number of thiophene rings is 1. The van der Waals surface area contributed by atoms with E-state index in [1.54, 1.807) is 35.2 Å². The summed E-state index contributed by atoms with van der Waals surface area (Å²) in [7, 11) is -1.91. The van der Waals surface area contributed by atoms with Gasteiger partial charge in [0.25, 0.3) is 5.91 Å². The molecule has 1 saturated heterocycles. The van der Waals surface area contributed by atoms with E-state index in [-0.39, 0.29) is 10.8 Å². The minimum absolute atomic E-state index is 0.143. The molecule has 0 N–H and O–H groups in total. The number of carbonyl (C=O) groups is 1. The number of sulfonamides is 1. The summed E-state index contributed by atoms with van der Waals surface area (Å²) in [6.45, 7) is 1.50. The van der Waals surface area contributed by atoms with E-state index in [4.69, 9.17) is 0 Å². The second-order valence-electron chi connectivity index (χ2n) is 6.59. The van der Waals surface area contributed by atoms with Crippen molar-refractivity contribution in [2.24, 2.45) is 0 Å². The SMILES string of the molecule is CSc1ccc(CN(C)C(=O)c2sccc2S(=O)(=O)N2CCCCC2)cc1. The molecule has 0 atom stereocenters. The van der Waals surface area contributed by atoms with E-state index in [0.29, 0.717) is 24.5 Å². The van der Waals surface area contributed by atoms with Crippen LogP contribution >= 0.6 is 23.1 Å². The molecular weight excluding hydrogens is 400 g/mol. The molecule has 0 unspecified atom stereocenters. The summed E-state index contributed by atoms with van der Waals surface area (Å²) in [6.07, 6.45) is 4.82. The van der Waals surface area contributed by atoms with E-state index in [0.717, 1.165) is 24.8 Å². The summed E-state index contributed by atoms with van der Waals surface area (Å²) in [5.41, 5.74) is 1.01. The third-order valence-corrected chi connectivity index (χ3v) is 8.40. The molecule has 0 radical (unpaired) electrons. The number of nitrogens with zero attached hydrogens (tertiary/aromatic N) is 2. The first-order chi connectivity index (χ1) is 12.9. The molecule has 0 bridgehead atoms. The van der Waals surface area contributed by atoms with E-state index in [1.807, 2.05) is 30.5 Å². The average Bonchev–Trinajstić information content (AvgIpc) is 3.19. The Labute approximate surface area is 169 Å². The van der Waals surface area contributed by atoms with Gasteiger partial charge in [-0.1, -0.05) is 18.6 Å². The van der Waals surface area contributed by atoms with Gasteiger partial charge in [0.1, 0.15) is 9.77 Å². The number of hydrogen-bond donors (Lipinski definition) is 0. The maximum Gasteiger partial charge on any atom is 0.265 e. The molecule has 0 aliphatic carbocycles. The minimum Gasteiger partial charge on any atom is -0.337 e. The summed E-state index contributed by atoms with van der Waals surface area (Å²) < 4.78 is 27.5. The third-order valence-electron chi connectivity index (χ3n) is 4.68. The predicted molar refractivity (Wildman–Crippen MR) is 111 cm³/mol. The van der Waals surface area contributed by atoms with Gasteiger partial charge in [-0.2, -0.15) is 4.31 Å². The van der Waals surface area contributed by atoms with Crippen LogP contribution < -0.4 is 0 Å². The van der Waals surface area contributed by atoms with Gasteiger partial charge < -0.3 is 4.90 Å². The second kappa shape index (κ2) is 8.77. The smallest absolute Gasteiger partial charge is 0.265 e. The van der Waals surface area contributed by atoms with Crippen LogP contribution in [0.15, 0.2) is 45.5 Å². The maximum atomic E-state index is 13.0. The third kappa shape index (κ3) is 4.56. The molecule has 1 amide bonds. The van der Waals surface area contributed by atoms with Crippen molar-refractivity contribution in [3.63, 3.8) is 0 Å². The van der Waals surface area contributed by atoms with E-state index in [9.17, 15) is 13.2 Å². The number of rotatable bonds is 6. The minimum atomic E-state index is -3.62. The Morgan fingerprint density at radius 1 is 1.15 bits per heavy atom. The lowest BCUT2D eigenvalue weighted by Crippen LogP contribution is -2.36. The highest BCUT2D eigenvalue weighted by Crippen LogP contribution is 2.28. The van der Waals surface area contributed by atoms with Crippen molar-refractivity contribution in [3.05, 3.63) is 46.2 Å². The van der Waals surface area contributed by atoms with Crippen LogP contribution in [-0.2, 0) is 16.6 Å². The van der Waals surface area contributed by atoms with E-state index < -0.39 is 10.0 Å². The summed E-state index contributed by atoms with van der Waals surface area (Å²) >= 11 is 2.86. The first-order valence-electron chi connectivity index (χ1n) is 8.89. The standard InChI is InChI=1S/C19H24N2O3S3/c1-20(14-15-6-8-16(25-2)9-7-15)19(22)18-17(10-13-26-18)27(23,24)21-11-4-3-5-12-21/h6-10,13H,3-5,11-12,14H2,1-2H3. The zero-order chi connectivity index (χ0) is 19.4. The normalized spacial score (nSPS) is 15.6. The fourth-order valence-electron chi connectivity index (χ4n) is 3.15. The van der Waals surface area contributed by atoms with Crippen LogP contribution in [0.1, 0.15) is 34.5 Å². The molecule has 2 heterocycles. The highest BCUT2D eigenvalue weighted by molar-refractivity contribution is 7.98. The Bertz CT molecular complexity index is 885. The maximum absolute atomic E-state index is 13.0. The molecule has 0 spiro atoms. The topological polar surface area (TPSA) is 57.7 Å². The summed E-state index contributed by atoms with van der Waals surface area (Å²) in [5, 5.41) is 1.69. The lowest BCUT2D eigenvalue weighted by atomic mass is 10.2. The van der Waals surface area contributed by atoms with E-state index >= 15 is 0 Å². The monoisotopic (exact) mass is 424 g/mol. The Balaban J connectivity index is 1.78. The Hall–Kier alpha value is -1.35. The van der Waals surface area contributed by atoms with Crippen molar-refractivity contribution in [2.75, 3.05) is 26.4 Å². The molecule has 1 aliphatic rings. The number of piperidine rings is 1. The zero-order valence-electron chi connectivity index (χ0n) is 15.6. The average molecular weight is 425 g/mol. The lowest BCUT2D eigenvalue weighted by Gasteiger charge is -2.26. The van der Waals surface area contributed by atoms with Crippen molar-refractivity contribution < 1.29 is 13.2 Å². The van der Waals surface area contributed by atoms with Gasteiger partial charge in [0, 0.05) is 31.6 Å². The van der Waals surface area contributed by atoms with Crippen LogP contribution in [0.25, 0.3) is 0 Å². The Morgan fingerprint density at radius 2 is 1.81 bits per heavy atom. The van der Waals surface area contributed by atoms with Gasteiger partial charge >= 0.3 is 0 Å². The highest BCUT2D eigenvalue weighted by Gasteiger charge is 2.31. The lowest BCUT2D eigenvalue weighted by molar-refractivity contribution is 0.0786. The fourth-order valence-corrected chi connectivity index (χ4v) is 6.47. The fraction of sp³-hybridized carbons (Fsp3) is 0.421. The molecule has 5 nitrogen and oxygen atoms in total. The molecule has 146 valence electrons. The quantitative estimate of drug-likeness (QED) is 0.660. The van der Waals surface area contributed by atoms with Crippen LogP contribution in [0.2, 0.25) is 0 Å². The summed E-state index contributed by atoms with van der Waals surface area (Å²) in [4.78, 5) is 16.1. The largest absolute Gasteiger partial charge is 0.337 e. The zero-order valence-corrected chi connectivity index (χ0v) is 18.0. The highest BCUT2D eigenvalue weighted by atomic mass is 32.2. The molecule has 2 aromatic rings. The van der Waals surface area contributed by atoms with Gasteiger partial charge in [-0.3, -0.25) is 4.79 Å². The molecular formula is C19H24N2O3S3. The summed E-state index contributed by atoms with van der Waals surface area (Å²) in [5.74, 6) is -0.255. The van der Waals surface area contributed by atoms with Crippen molar-refractivity contribution in [1.29, 1.82) is 0 Å². The van der Waals surface area contributed by atoms with Gasteiger partial charge in [-0.15, -0.1) is 23.1 Å². The molecule has 27 heavy (non-hydrogen) atoms. The van der Waals surface area contributed by atoms with Crippen LogP contribution in [0.4, 0.5) is 0 Å². The van der Waals surface area contributed by atoms with Crippen LogP contribution in [0.5, 0.6) is 0 Å². The molecule has 0 saturated carbocycles. The number of amides is 1. The van der Waals surface area contributed by atoms with Crippen molar-refractivity contribution in [1.82, 2.24) is 9.21 Å². The van der Waals surface area contributed by atoms with E-state index in [2.05, 4.69) is 0 Å². The first kappa shape index (κ1) is 20.4. The summed E-state index contributed by atoms with van der Waals surface area (Å²) in [6, 6.07) is 9.60. The number of carbonyl (C=O) groups excluding carboxylic acids is 1. The van der Waals surface area contributed by atoms with Crippen molar-refractivity contribution in [3.8, 4) is 0 Å². The van der Waals surface area contributed by atoms with Crippen LogP contribution in [0.3, 0.4) is 0 Å². The molecule has 1 fully saturated rings. The van der Waals surface area contributed by atoms with Gasteiger partial charge in [0.05, 0.1) is 0 Å². The molecule has 8 heteroatoms. The Kier molecular flexibility index (Phi) is 6.62. The van der Waals surface area contributed by atoms with Crippen LogP contribution in [0, 0.1) is 0 Å². The van der Waals surface area contributed by atoms with Gasteiger partial charge in [0.15, 0.2) is 0 Å². The number of hydrogen-bond acceptors (Lipinski definition) is 5. The van der Waals surface area contributed by atoms with E-state index in [1.165, 1.54) is 20.5 Å². The molecule has 1 aliphatic heterocycles. The predicted octanol–water partition coefficient (Wildman–Crippen LogP) is 3.92. The molecule has 3 rings (SSSR count). The van der Waals surface area contributed by atoms with Gasteiger partial charge in [0.2, 0.25) is 10.0 Å². The van der Waals surface area contributed by atoms with Crippen LogP contribution in [-0.4, -0.2) is 49.9 Å². The van der Waals surface area contributed by atoms with Gasteiger partial charge in [-0.25, -0.2) is 8.42 Å². The second-order valence-corrected chi connectivity index (χ2v) is 10.3. The number of benzene rings is 1. The first-order valence-corrected chi connectivity index (χ1v) is 12.4. The van der Waals surface area contributed by atoms with Crippen molar-refractivity contribution in [2.45, 2.75) is 35.6 Å².